The third-order valence-electron chi connectivity index (χ3n) is 4.80. The van der Waals surface area contributed by atoms with E-state index in [-0.39, 0.29) is 5.57 Å². The largest absolute Gasteiger partial charge is 0.495 e. The lowest BCUT2D eigenvalue weighted by atomic mass is 10.2. The van der Waals surface area contributed by atoms with Gasteiger partial charge in [-0.3, -0.25) is 4.79 Å². The van der Waals surface area contributed by atoms with Crippen molar-refractivity contribution in [3.63, 3.8) is 0 Å². The molecule has 160 valence electrons. The first-order valence-electron chi connectivity index (χ1n) is 10.2. The van der Waals surface area contributed by atoms with Crippen molar-refractivity contribution in [1.29, 1.82) is 5.26 Å². The molecule has 1 amide bonds. The molecule has 0 radical (unpaired) electrons. The maximum atomic E-state index is 12.5. The first kappa shape index (κ1) is 20.9. The molecule has 0 spiro atoms. The second-order valence-corrected chi connectivity index (χ2v) is 7.28. The first-order valence-corrected chi connectivity index (χ1v) is 10.2. The number of carbonyl (C=O) groups is 1. The SMILES string of the molecule is COc1ccc(NC(=O)C(C#N)=CC2CC2)cc1Nc1nccc(Nc2ccccc2)n1. The number of carbonyl (C=O) groups excluding carboxylic acids is 1. The van der Waals surface area contributed by atoms with E-state index in [0.29, 0.717) is 34.8 Å². The molecule has 8 heteroatoms. The molecule has 1 aromatic heterocycles. The second kappa shape index (κ2) is 9.62. The Morgan fingerprint density at radius 2 is 1.94 bits per heavy atom. The lowest BCUT2D eigenvalue weighted by Crippen LogP contribution is -2.14. The maximum absolute atomic E-state index is 12.5. The van der Waals surface area contributed by atoms with Gasteiger partial charge in [0.2, 0.25) is 5.95 Å². The Balaban J connectivity index is 1.51. The predicted octanol–water partition coefficient (Wildman–Crippen LogP) is 4.77. The minimum atomic E-state index is -0.430. The van der Waals surface area contributed by atoms with Gasteiger partial charge in [0, 0.05) is 17.6 Å². The number of rotatable bonds is 8. The molecule has 0 atom stereocenters. The zero-order chi connectivity index (χ0) is 22.3. The van der Waals surface area contributed by atoms with Crippen molar-refractivity contribution in [1.82, 2.24) is 9.97 Å². The molecular weight excluding hydrogens is 404 g/mol. The van der Waals surface area contributed by atoms with Gasteiger partial charge in [0.15, 0.2) is 0 Å². The number of nitriles is 1. The number of benzene rings is 2. The summed E-state index contributed by atoms with van der Waals surface area (Å²) in [5.74, 6) is 1.44. The van der Waals surface area contributed by atoms with E-state index in [1.807, 2.05) is 36.4 Å². The molecule has 1 aliphatic carbocycles. The van der Waals surface area contributed by atoms with E-state index in [1.54, 1.807) is 43.6 Å². The summed E-state index contributed by atoms with van der Waals surface area (Å²) in [7, 11) is 1.55. The lowest BCUT2D eigenvalue weighted by Gasteiger charge is -2.13. The highest BCUT2D eigenvalue weighted by molar-refractivity contribution is 6.06. The summed E-state index contributed by atoms with van der Waals surface area (Å²) in [4.78, 5) is 21.2. The number of ether oxygens (including phenoxy) is 1. The second-order valence-electron chi connectivity index (χ2n) is 7.28. The standard InChI is InChI=1S/C24H22N6O2/c1-32-21-10-9-19(28-23(31)17(15-25)13-16-7-8-16)14-20(21)29-24-26-12-11-22(30-24)27-18-5-3-2-4-6-18/h2-6,9-14,16H,7-8H2,1H3,(H,28,31)(H2,26,27,29,30). The van der Waals surface area contributed by atoms with E-state index in [1.165, 1.54) is 0 Å². The van der Waals surface area contributed by atoms with Crippen LogP contribution in [-0.4, -0.2) is 23.0 Å². The average molecular weight is 426 g/mol. The van der Waals surface area contributed by atoms with E-state index in [9.17, 15) is 10.1 Å². The Morgan fingerprint density at radius 3 is 2.66 bits per heavy atom. The summed E-state index contributed by atoms with van der Waals surface area (Å²) in [5.41, 5.74) is 2.13. The van der Waals surface area contributed by atoms with E-state index in [4.69, 9.17) is 4.74 Å². The molecule has 1 fully saturated rings. The highest BCUT2D eigenvalue weighted by Gasteiger charge is 2.22. The van der Waals surface area contributed by atoms with Gasteiger partial charge in [-0.05, 0) is 55.2 Å². The molecule has 0 aliphatic heterocycles. The van der Waals surface area contributed by atoms with Gasteiger partial charge in [0.25, 0.3) is 5.91 Å². The smallest absolute Gasteiger partial charge is 0.265 e. The summed E-state index contributed by atoms with van der Waals surface area (Å²) in [6.07, 6.45) is 5.41. The van der Waals surface area contributed by atoms with Gasteiger partial charge in [-0.25, -0.2) is 4.98 Å². The molecule has 1 aliphatic rings. The quantitative estimate of drug-likeness (QED) is 0.351. The minimum absolute atomic E-state index is 0.126. The van der Waals surface area contributed by atoms with Crippen LogP contribution in [0, 0.1) is 17.2 Å². The molecule has 8 nitrogen and oxygen atoms in total. The monoisotopic (exact) mass is 426 g/mol. The van der Waals surface area contributed by atoms with Gasteiger partial charge >= 0.3 is 0 Å². The van der Waals surface area contributed by atoms with Gasteiger partial charge < -0.3 is 20.7 Å². The lowest BCUT2D eigenvalue weighted by molar-refractivity contribution is -0.112. The molecule has 0 saturated heterocycles. The van der Waals surface area contributed by atoms with Crippen molar-refractivity contribution >= 4 is 34.7 Å². The van der Waals surface area contributed by atoms with E-state index in [0.717, 1.165) is 18.5 Å². The number of allylic oxidation sites excluding steroid dienone is 1. The summed E-state index contributed by atoms with van der Waals surface area (Å²) < 4.78 is 5.42. The number of amides is 1. The fraction of sp³-hybridized carbons (Fsp3) is 0.167. The molecule has 3 aromatic rings. The van der Waals surface area contributed by atoms with Crippen molar-refractivity contribution in [3.8, 4) is 11.8 Å². The van der Waals surface area contributed by atoms with Crippen molar-refractivity contribution in [2.24, 2.45) is 5.92 Å². The van der Waals surface area contributed by atoms with Gasteiger partial charge in [-0.1, -0.05) is 24.3 Å². The molecule has 32 heavy (non-hydrogen) atoms. The van der Waals surface area contributed by atoms with Crippen LogP contribution >= 0.6 is 0 Å². The van der Waals surface area contributed by atoms with Crippen molar-refractivity contribution < 1.29 is 9.53 Å². The van der Waals surface area contributed by atoms with Crippen LogP contribution in [0.1, 0.15) is 12.8 Å². The average Bonchev–Trinajstić information content (AvgIpc) is 3.63. The zero-order valence-electron chi connectivity index (χ0n) is 17.5. The Kier molecular flexibility index (Phi) is 6.28. The Morgan fingerprint density at radius 1 is 1.12 bits per heavy atom. The normalized spacial score (nSPS) is 13.1. The van der Waals surface area contributed by atoms with Crippen LogP contribution in [-0.2, 0) is 4.79 Å². The number of nitrogens with one attached hydrogen (secondary N) is 3. The summed E-state index contributed by atoms with van der Waals surface area (Å²) in [6.45, 7) is 0. The van der Waals surface area contributed by atoms with Crippen molar-refractivity contribution in [2.75, 3.05) is 23.1 Å². The van der Waals surface area contributed by atoms with Gasteiger partial charge in [-0.2, -0.15) is 10.2 Å². The fourth-order valence-corrected chi connectivity index (χ4v) is 3.02. The maximum Gasteiger partial charge on any atom is 0.265 e. The van der Waals surface area contributed by atoms with Crippen LogP contribution < -0.4 is 20.7 Å². The number of hydrogen-bond acceptors (Lipinski definition) is 7. The number of para-hydroxylation sites is 1. The molecule has 3 N–H and O–H groups in total. The highest BCUT2D eigenvalue weighted by atomic mass is 16.5. The molecule has 0 bridgehead atoms. The third-order valence-corrected chi connectivity index (χ3v) is 4.80. The fourth-order valence-electron chi connectivity index (χ4n) is 3.02. The van der Waals surface area contributed by atoms with Gasteiger partial charge in [0.1, 0.15) is 23.2 Å². The number of nitrogens with zero attached hydrogens (tertiary/aromatic N) is 3. The number of aromatic nitrogens is 2. The van der Waals surface area contributed by atoms with Crippen LogP contribution in [0.15, 0.2) is 72.4 Å². The van der Waals surface area contributed by atoms with Crippen LogP contribution in [0.4, 0.5) is 28.8 Å². The van der Waals surface area contributed by atoms with E-state index < -0.39 is 5.91 Å². The molecule has 1 saturated carbocycles. The number of anilines is 5. The van der Waals surface area contributed by atoms with Gasteiger partial charge in [-0.15, -0.1) is 0 Å². The topological polar surface area (TPSA) is 112 Å². The molecule has 1 heterocycles. The number of hydrogen-bond donors (Lipinski definition) is 3. The zero-order valence-corrected chi connectivity index (χ0v) is 17.5. The molecule has 2 aromatic carbocycles. The molecule has 4 rings (SSSR count). The van der Waals surface area contributed by atoms with Gasteiger partial charge in [0.05, 0.1) is 12.8 Å². The van der Waals surface area contributed by atoms with Crippen molar-refractivity contribution in [2.45, 2.75) is 12.8 Å². The molecule has 0 unspecified atom stereocenters. The predicted molar refractivity (Wildman–Crippen MR) is 123 cm³/mol. The van der Waals surface area contributed by atoms with Crippen LogP contribution in [0.3, 0.4) is 0 Å². The third kappa shape index (κ3) is 5.40. The summed E-state index contributed by atoms with van der Waals surface area (Å²) >= 11 is 0. The minimum Gasteiger partial charge on any atom is -0.495 e. The first-order chi connectivity index (χ1) is 15.6. The van der Waals surface area contributed by atoms with Crippen LogP contribution in [0.25, 0.3) is 0 Å². The van der Waals surface area contributed by atoms with Crippen LogP contribution in [0.2, 0.25) is 0 Å². The Bertz CT molecular complexity index is 1180. The Hall–Kier alpha value is -4.38. The Labute approximate surface area is 186 Å². The van der Waals surface area contributed by atoms with Crippen LogP contribution in [0.5, 0.6) is 5.75 Å². The van der Waals surface area contributed by atoms with E-state index >= 15 is 0 Å². The van der Waals surface area contributed by atoms with E-state index in [2.05, 4.69) is 25.9 Å². The summed E-state index contributed by atoms with van der Waals surface area (Å²) in [6, 6.07) is 18.6. The molecular formula is C24H22N6O2. The summed E-state index contributed by atoms with van der Waals surface area (Å²) in [5, 5.41) is 18.4. The highest BCUT2D eigenvalue weighted by Crippen LogP contribution is 2.32. The number of methoxy groups -OCH3 is 1. The van der Waals surface area contributed by atoms with Crippen molar-refractivity contribution in [3.05, 3.63) is 72.4 Å².